The smallest absolute Gasteiger partial charge is 0.0606 e. The fourth-order valence-electron chi connectivity index (χ4n) is 4.71. The second kappa shape index (κ2) is 5.89. The van der Waals surface area contributed by atoms with Gasteiger partial charge in [-0.15, -0.1) is 0 Å². The summed E-state index contributed by atoms with van der Waals surface area (Å²) in [5.41, 5.74) is 2.89. The minimum atomic E-state index is 0.424. The van der Waals surface area contributed by atoms with E-state index < -0.39 is 0 Å². The number of hydrogen-bond donors (Lipinski definition) is 0. The zero-order chi connectivity index (χ0) is 14.9. The van der Waals surface area contributed by atoms with Gasteiger partial charge >= 0.3 is 0 Å². The van der Waals surface area contributed by atoms with Gasteiger partial charge < -0.3 is 0 Å². The third kappa shape index (κ3) is 2.48. The second-order valence-corrected chi connectivity index (χ2v) is 7.13. The molecule has 2 aromatic carbocycles. The highest BCUT2D eigenvalue weighted by molar-refractivity contribution is 5.33. The van der Waals surface area contributed by atoms with Gasteiger partial charge in [0.2, 0.25) is 0 Å². The molecule has 2 fully saturated rings. The van der Waals surface area contributed by atoms with Gasteiger partial charge in [0.1, 0.15) is 0 Å². The van der Waals surface area contributed by atoms with Crippen molar-refractivity contribution in [3.8, 4) is 0 Å². The lowest BCUT2D eigenvalue weighted by molar-refractivity contribution is 0.0793. The molecule has 0 radical (unpaired) electrons. The molecule has 0 N–H and O–H groups in total. The summed E-state index contributed by atoms with van der Waals surface area (Å²) in [7, 11) is 0. The number of piperidine rings is 1. The molecule has 1 heteroatoms. The van der Waals surface area contributed by atoms with E-state index in [0.29, 0.717) is 6.04 Å². The van der Waals surface area contributed by atoms with Crippen LogP contribution in [0.4, 0.5) is 0 Å². The van der Waals surface area contributed by atoms with Crippen LogP contribution >= 0.6 is 0 Å². The van der Waals surface area contributed by atoms with E-state index in [-0.39, 0.29) is 0 Å². The Kier molecular flexibility index (Phi) is 3.75. The highest BCUT2D eigenvalue weighted by atomic mass is 15.2. The lowest BCUT2D eigenvalue weighted by Gasteiger charge is -2.43. The maximum Gasteiger partial charge on any atom is 0.0606 e. The van der Waals surface area contributed by atoms with Gasteiger partial charge in [-0.05, 0) is 42.7 Å². The van der Waals surface area contributed by atoms with Gasteiger partial charge in [-0.3, -0.25) is 4.90 Å². The highest BCUT2D eigenvalue weighted by Crippen LogP contribution is 2.45. The molecule has 1 nitrogen and oxygen atoms in total. The molecule has 2 aliphatic rings. The molecule has 4 rings (SSSR count). The Balaban J connectivity index is 1.76. The molecule has 0 spiro atoms. The van der Waals surface area contributed by atoms with Gasteiger partial charge in [-0.2, -0.15) is 0 Å². The van der Waals surface area contributed by atoms with Crippen LogP contribution in [0.5, 0.6) is 0 Å². The van der Waals surface area contributed by atoms with Crippen molar-refractivity contribution in [2.75, 3.05) is 0 Å². The van der Waals surface area contributed by atoms with Crippen LogP contribution in [-0.4, -0.2) is 17.0 Å². The average Bonchev–Trinajstić information content (AvgIpc) is 2.81. The van der Waals surface area contributed by atoms with Crippen molar-refractivity contribution < 1.29 is 0 Å². The average molecular weight is 291 g/mol. The molecule has 22 heavy (non-hydrogen) atoms. The van der Waals surface area contributed by atoms with E-state index in [4.69, 9.17) is 0 Å². The monoisotopic (exact) mass is 291 g/mol. The highest BCUT2D eigenvalue weighted by Gasteiger charge is 2.43. The second-order valence-electron chi connectivity index (χ2n) is 7.13. The van der Waals surface area contributed by atoms with Crippen LogP contribution in [0.15, 0.2) is 60.7 Å². The Labute approximate surface area is 134 Å². The predicted octanol–water partition coefficient (Wildman–Crippen LogP) is 5.04. The van der Waals surface area contributed by atoms with E-state index in [1.807, 2.05) is 0 Å². The van der Waals surface area contributed by atoms with Crippen LogP contribution in [0.1, 0.15) is 49.8 Å². The van der Waals surface area contributed by atoms with E-state index in [9.17, 15) is 0 Å². The molecular weight excluding hydrogens is 266 g/mol. The van der Waals surface area contributed by atoms with Crippen LogP contribution in [0.25, 0.3) is 0 Å². The van der Waals surface area contributed by atoms with Gasteiger partial charge in [0.25, 0.3) is 0 Å². The van der Waals surface area contributed by atoms with Crippen LogP contribution in [0, 0.1) is 5.92 Å². The quantitative estimate of drug-likeness (QED) is 0.766. The van der Waals surface area contributed by atoms with Crippen LogP contribution in [0.3, 0.4) is 0 Å². The zero-order valence-corrected chi connectivity index (χ0v) is 13.4. The van der Waals surface area contributed by atoms with Crippen molar-refractivity contribution in [2.24, 2.45) is 5.92 Å². The number of hydrogen-bond acceptors (Lipinski definition) is 1. The lowest BCUT2D eigenvalue weighted by Crippen LogP contribution is -2.44. The fraction of sp³-hybridized carbons (Fsp3) is 0.429. The molecule has 0 aliphatic carbocycles. The van der Waals surface area contributed by atoms with Crippen LogP contribution in [-0.2, 0) is 0 Å². The van der Waals surface area contributed by atoms with Crippen LogP contribution < -0.4 is 0 Å². The molecular formula is C21H25N. The Morgan fingerprint density at radius 3 is 1.68 bits per heavy atom. The molecule has 2 saturated heterocycles. The maximum atomic E-state index is 2.84. The predicted molar refractivity (Wildman–Crippen MR) is 91.8 cm³/mol. The first-order valence-electron chi connectivity index (χ1n) is 8.70. The maximum absolute atomic E-state index is 2.84. The SMILES string of the molecule is CC1CC2CCC(C1)N2C(c1ccccc1)c1ccccc1. The minimum Gasteiger partial charge on any atom is -0.286 e. The molecule has 2 atom stereocenters. The Morgan fingerprint density at radius 1 is 0.773 bits per heavy atom. The summed E-state index contributed by atoms with van der Waals surface area (Å²) in [6.07, 6.45) is 5.50. The lowest BCUT2D eigenvalue weighted by atomic mass is 9.87. The molecule has 2 unspecified atom stereocenters. The first-order valence-corrected chi connectivity index (χ1v) is 8.70. The van der Waals surface area contributed by atoms with E-state index in [1.54, 1.807) is 0 Å². The Hall–Kier alpha value is -1.60. The van der Waals surface area contributed by atoms with Crippen LogP contribution in [0.2, 0.25) is 0 Å². The van der Waals surface area contributed by atoms with Crippen molar-refractivity contribution in [1.29, 1.82) is 0 Å². The summed E-state index contributed by atoms with van der Waals surface area (Å²) in [5, 5.41) is 0. The number of fused-ring (bicyclic) bond motifs is 2. The summed E-state index contributed by atoms with van der Waals surface area (Å²) in [6.45, 7) is 2.43. The van der Waals surface area contributed by atoms with Crippen molar-refractivity contribution in [3.05, 3.63) is 71.8 Å². The molecule has 0 amide bonds. The normalized spacial score (nSPS) is 28.2. The van der Waals surface area contributed by atoms with Crippen molar-refractivity contribution in [1.82, 2.24) is 4.90 Å². The van der Waals surface area contributed by atoms with E-state index in [2.05, 4.69) is 72.5 Å². The summed E-state index contributed by atoms with van der Waals surface area (Å²) < 4.78 is 0. The molecule has 0 aromatic heterocycles. The largest absolute Gasteiger partial charge is 0.286 e. The summed E-state index contributed by atoms with van der Waals surface area (Å²) in [5.74, 6) is 0.890. The Bertz CT molecular complexity index is 553. The zero-order valence-electron chi connectivity index (χ0n) is 13.4. The van der Waals surface area contributed by atoms with Crippen molar-refractivity contribution in [3.63, 3.8) is 0 Å². The van der Waals surface area contributed by atoms with Gasteiger partial charge in [0, 0.05) is 12.1 Å². The first-order chi connectivity index (χ1) is 10.8. The standard InChI is InChI=1S/C21H25N/c1-16-14-19-12-13-20(15-16)22(19)21(17-8-4-2-5-9-17)18-10-6-3-7-11-18/h2-11,16,19-21H,12-15H2,1H3. The minimum absolute atomic E-state index is 0.424. The summed E-state index contributed by atoms with van der Waals surface area (Å²) >= 11 is 0. The molecule has 0 saturated carbocycles. The van der Waals surface area contributed by atoms with Gasteiger partial charge in [-0.25, -0.2) is 0 Å². The molecule has 2 bridgehead atoms. The Morgan fingerprint density at radius 2 is 1.23 bits per heavy atom. The van der Waals surface area contributed by atoms with Gasteiger partial charge in [-0.1, -0.05) is 67.6 Å². The van der Waals surface area contributed by atoms with Crippen molar-refractivity contribution in [2.45, 2.75) is 50.7 Å². The van der Waals surface area contributed by atoms with Crippen molar-refractivity contribution >= 4 is 0 Å². The van der Waals surface area contributed by atoms with Gasteiger partial charge in [0.05, 0.1) is 6.04 Å². The number of rotatable bonds is 3. The summed E-state index contributed by atoms with van der Waals surface area (Å²) in [6, 6.07) is 24.1. The first kappa shape index (κ1) is 14.0. The van der Waals surface area contributed by atoms with E-state index >= 15 is 0 Å². The topological polar surface area (TPSA) is 3.24 Å². The van der Waals surface area contributed by atoms with E-state index in [1.165, 1.54) is 36.8 Å². The third-order valence-electron chi connectivity index (χ3n) is 5.55. The van der Waals surface area contributed by atoms with Gasteiger partial charge in [0.15, 0.2) is 0 Å². The summed E-state index contributed by atoms with van der Waals surface area (Å²) in [4.78, 5) is 2.84. The number of nitrogens with zero attached hydrogens (tertiary/aromatic N) is 1. The molecule has 2 aromatic rings. The number of benzene rings is 2. The molecule has 2 aliphatic heterocycles. The fourth-order valence-corrected chi connectivity index (χ4v) is 4.71. The molecule has 2 heterocycles. The molecule has 114 valence electrons. The third-order valence-corrected chi connectivity index (χ3v) is 5.55. The van der Waals surface area contributed by atoms with E-state index in [0.717, 1.165) is 18.0 Å².